The summed E-state index contributed by atoms with van der Waals surface area (Å²) >= 11 is 1.62. The van der Waals surface area contributed by atoms with Gasteiger partial charge in [0.25, 0.3) is 0 Å². The molecule has 0 fully saturated rings. The van der Waals surface area contributed by atoms with Crippen LogP contribution in [0.1, 0.15) is 10.6 Å². The van der Waals surface area contributed by atoms with Crippen molar-refractivity contribution in [1.29, 1.82) is 0 Å². The Morgan fingerprint density at radius 2 is 2.17 bits per heavy atom. The first-order valence-corrected chi connectivity index (χ1v) is 8.39. The lowest BCUT2D eigenvalue weighted by Crippen LogP contribution is -2.44. The molecule has 2 heterocycles. The fraction of sp³-hybridized carbons (Fsp3) is 0.375. The van der Waals surface area contributed by atoms with Crippen molar-refractivity contribution in [2.24, 2.45) is 0 Å². The molecule has 0 atom stereocenters. The number of hydrogen-bond acceptors (Lipinski definition) is 6. The molecule has 0 saturated carbocycles. The van der Waals surface area contributed by atoms with E-state index in [1.165, 1.54) is 0 Å². The second-order valence-corrected chi connectivity index (χ2v) is 6.13. The van der Waals surface area contributed by atoms with Crippen LogP contribution in [-0.4, -0.2) is 43.6 Å². The summed E-state index contributed by atoms with van der Waals surface area (Å²) in [7, 11) is 1.54. The molecule has 8 heteroatoms. The highest BCUT2D eigenvalue weighted by Gasteiger charge is 2.15. The van der Waals surface area contributed by atoms with E-state index < -0.39 is 6.03 Å². The number of carbonyl (C=O) groups excluding carboxylic acids is 2. The molecule has 0 aromatic carbocycles. The van der Waals surface area contributed by atoms with Gasteiger partial charge in [-0.25, -0.2) is 4.79 Å². The molecule has 24 heavy (non-hydrogen) atoms. The van der Waals surface area contributed by atoms with Crippen LogP contribution in [-0.2, 0) is 22.6 Å². The molecular formula is C16H21N3O4S. The molecule has 0 spiro atoms. The van der Waals surface area contributed by atoms with E-state index in [1.54, 1.807) is 24.7 Å². The third-order valence-electron chi connectivity index (χ3n) is 3.13. The van der Waals surface area contributed by atoms with Gasteiger partial charge in [0.1, 0.15) is 5.76 Å². The molecule has 2 aromatic rings. The van der Waals surface area contributed by atoms with Gasteiger partial charge in [0.15, 0.2) is 0 Å². The minimum absolute atomic E-state index is 0.0935. The molecule has 0 aliphatic heterocycles. The Morgan fingerprint density at radius 1 is 1.29 bits per heavy atom. The molecule has 0 radical (unpaired) electrons. The zero-order valence-corrected chi connectivity index (χ0v) is 14.3. The van der Waals surface area contributed by atoms with E-state index in [0.717, 1.165) is 10.6 Å². The van der Waals surface area contributed by atoms with Gasteiger partial charge in [0, 0.05) is 25.1 Å². The summed E-state index contributed by atoms with van der Waals surface area (Å²) in [5.41, 5.74) is 0. The first-order valence-electron chi connectivity index (χ1n) is 7.51. The van der Waals surface area contributed by atoms with E-state index in [0.29, 0.717) is 26.2 Å². The molecule has 0 unspecified atom stereocenters. The Labute approximate surface area is 144 Å². The van der Waals surface area contributed by atoms with Crippen molar-refractivity contribution in [3.8, 4) is 0 Å². The van der Waals surface area contributed by atoms with Gasteiger partial charge in [-0.15, -0.1) is 11.3 Å². The first-order chi connectivity index (χ1) is 11.7. The molecule has 2 N–H and O–H groups in total. The molecule has 0 saturated heterocycles. The quantitative estimate of drug-likeness (QED) is 0.673. The summed E-state index contributed by atoms with van der Waals surface area (Å²) < 4.78 is 10.2. The van der Waals surface area contributed by atoms with Crippen molar-refractivity contribution in [3.05, 3.63) is 46.5 Å². The number of ether oxygens (including phenoxy) is 1. The average Bonchev–Trinajstić information content (AvgIpc) is 3.21. The maximum Gasteiger partial charge on any atom is 0.321 e. The zero-order chi connectivity index (χ0) is 17.2. The minimum Gasteiger partial charge on any atom is -0.468 e. The highest BCUT2D eigenvalue weighted by Crippen LogP contribution is 2.14. The lowest BCUT2D eigenvalue weighted by molar-refractivity contribution is -0.121. The fourth-order valence-electron chi connectivity index (χ4n) is 2.09. The number of amides is 3. The third-order valence-corrected chi connectivity index (χ3v) is 3.99. The van der Waals surface area contributed by atoms with Gasteiger partial charge in [0.2, 0.25) is 5.91 Å². The molecule has 0 aliphatic carbocycles. The van der Waals surface area contributed by atoms with Gasteiger partial charge >= 0.3 is 6.03 Å². The number of imide groups is 1. The number of rotatable bonds is 9. The molecule has 7 nitrogen and oxygen atoms in total. The van der Waals surface area contributed by atoms with Gasteiger partial charge in [-0.2, -0.15) is 0 Å². The van der Waals surface area contributed by atoms with Crippen LogP contribution in [0, 0.1) is 0 Å². The Kier molecular flexibility index (Phi) is 7.47. The maximum atomic E-state index is 12.1. The highest BCUT2D eigenvalue weighted by atomic mass is 32.1. The number of urea groups is 1. The van der Waals surface area contributed by atoms with Crippen molar-refractivity contribution < 1.29 is 18.7 Å². The second-order valence-electron chi connectivity index (χ2n) is 5.10. The average molecular weight is 351 g/mol. The fourth-order valence-corrected chi connectivity index (χ4v) is 2.84. The van der Waals surface area contributed by atoms with Gasteiger partial charge in [-0.3, -0.25) is 15.0 Å². The number of carbonyl (C=O) groups is 2. The molecule has 3 amide bonds. The van der Waals surface area contributed by atoms with E-state index in [9.17, 15) is 9.59 Å². The first kappa shape index (κ1) is 18.2. The van der Waals surface area contributed by atoms with Crippen molar-refractivity contribution in [1.82, 2.24) is 15.5 Å². The summed E-state index contributed by atoms with van der Waals surface area (Å²) in [6, 6.07) is 7.12. The monoisotopic (exact) mass is 351 g/mol. The number of nitrogens with one attached hydrogen (secondary N) is 2. The molecule has 2 aromatic heterocycles. The molecule has 0 aliphatic rings. The largest absolute Gasteiger partial charge is 0.468 e. The normalized spacial score (nSPS) is 10.8. The summed E-state index contributed by atoms with van der Waals surface area (Å²) in [4.78, 5) is 26.7. The van der Waals surface area contributed by atoms with Crippen LogP contribution >= 0.6 is 11.3 Å². The van der Waals surface area contributed by atoms with Gasteiger partial charge in [0.05, 0.1) is 26.0 Å². The van der Waals surface area contributed by atoms with Crippen LogP contribution in [0.4, 0.5) is 4.79 Å². The standard InChI is InChI=1S/C16H21N3O4S/c1-22-8-6-17-16(21)18-15(20)12-19(10-13-4-2-7-23-13)11-14-5-3-9-24-14/h2-5,7,9H,6,8,10-12H2,1H3,(H2,17,18,20,21). The van der Waals surface area contributed by atoms with Crippen LogP contribution in [0.2, 0.25) is 0 Å². The summed E-state index contributed by atoms with van der Waals surface area (Å²) in [6.45, 7) is 1.93. The number of methoxy groups -OCH3 is 1. The minimum atomic E-state index is -0.522. The number of thiophene rings is 1. The van der Waals surface area contributed by atoms with Crippen LogP contribution in [0.5, 0.6) is 0 Å². The molecular weight excluding hydrogens is 330 g/mol. The number of hydrogen-bond donors (Lipinski definition) is 2. The second kappa shape index (κ2) is 9.86. The Hall–Kier alpha value is -2.16. The van der Waals surface area contributed by atoms with Crippen molar-refractivity contribution >= 4 is 23.3 Å². The Morgan fingerprint density at radius 3 is 2.83 bits per heavy atom. The van der Waals surface area contributed by atoms with Crippen LogP contribution in [0.15, 0.2) is 40.3 Å². The van der Waals surface area contributed by atoms with Crippen LogP contribution in [0.3, 0.4) is 0 Å². The van der Waals surface area contributed by atoms with Crippen molar-refractivity contribution in [2.75, 3.05) is 26.8 Å². The van der Waals surface area contributed by atoms with Crippen molar-refractivity contribution in [3.63, 3.8) is 0 Å². The highest BCUT2D eigenvalue weighted by molar-refractivity contribution is 7.09. The lowest BCUT2D eigenvalue weighted by atomic mass is 10.3. The molecule has 2 rings (SSSR count). The SMILES string of the molecule is COCCNC(=O)NC(=O)CN(Cc1ccco1)Cc1cccs1. The van der Waals surface area contributed by atoms with E-state index in [2.05, 4.69) is 10.6 Å². The van der Waals surface area contributed by atoms with E-state index in [4.69, 9.17) is 9.15 Å². The van der Waals surface area contributed by atoms with Crippen molar-refractivity contribution in [2.45, 2.75) is 13.1 Å². The third kappa shape index (κ3) is 6.53. The van der Waals surface area contributed by atoms with E-state index in [-0.39, 0.29) is 12.5 Å². The predicted octanol–water partition coefficient (Wildman–Crippen LogP) is 1.82. The summed E-state index contributed by atoms with van der Waals surface area (Å²) in [5.74, 6) is 0.400. The van der Waals surface area contributed by atoms with E-state index in [1.807, 2.05) is 34.5 Å². The Balaban J connectivity index is 1.86. The predicted molar refractivity (Wildman–Crippen MR) is 90.6 cm³/mol. The summed E-state index contributed by atoms with van der Waals surface area (Å²) in [6.07, 6.45) is 1.60. The Bertz CT molecular complexity index is 577. The van der Waals surface area contributed by atoms with Crippen LogP contribution < -0.4 is 10.6 Å². The zero-order valence-electron chi connectivity index (χ0n) is 13.5. The maximum absolute atomic E-state index is 12.1. The number of nitrogens with zero attached hydrogens (tertiary/aromatic N) is 1. The topological polar surface area (TPSA) is 83.8 Å². The smallest absolute Gasteiger partial charge is 0.321 e. The summed E-state index contributed by atoms with van der Waals surface area (Å²) in [5, 5.41) is 6.85. The lowest BCUT2D eigenvalue weighted by Gasteiger charge is -2.19. The van der Waals surface area contributed by atoms with Gasteiger partial charge in [-0.1, -0.05) is 6.07 Å². The van der Waals surface area contributed by atoms with Crippen LogP contribution in [0.25, 0.3) is 0 Å². The molecule has 130 valence electrons. The van der Waals surface area contributed by atoms with Gasteiger partial charge < -0.3 is 14.5 Å². The van der Waals surface area contributed by atoms with E-state index >= 15 is 0 Å². The number of furan rings is 1. The van der Waals surface area contributed by atoms with Gasteiger partial charge in [-0.05, 0) is 23.6 Å². The molecule has 0 bridgehead atoms.